The first-order valence-electron chi connectivity index (χ1n) is 9.92. The van der Waals surface area contributed by atoms with Crippen molar-refractivity contribution < 1.29 is 5.11 Å². The molecule has 1 aromatic carbocycles. The van der Waals surface area contributed by atoms with Gasteiger partial charge in [0.25, 0.3) is 0 Å². The number of fused-ring (bicyclic) bond motifs is 1. The van der Waals surface area contributed by atoms with Crippen LogP contribution in [0.25, 0.3) is 22.0 Å². The minimum Gasteiger partial charge on any atom is -0.382 e. The molecule has 3 aromatic rings. The van der Waals surface area contributed by atoms with Crippen LogP contribution in [0.4, 0.5) is 5.69 Å². The van der Waals surface area contributed by atoms with E-state index in [0.717, 1.165) is 27.6 Å². The second kappa shape index (κ2) is 10.2. The van der Waals surface area contributed by atoms with Crippen molar-refractivity contribution in [3.8, 4) is 11.1 Å². The van der Waals surface area contributed by atoms with Crippen molar-refractivity contribution in [2.45, 2.75) is 52.1 Å². The Morgan fingerprint density at radius 1 is 1.17 bits per heavy atom. The predicted octanol–water partition coefficient (Wildman–Crippen LogP) is 6.54. The van der Waals surface area contributed by atoms with Gasteiger partial charge in [-0.1, -0.05) is 56.6 Å². The lowest BCUT2D eigenvalue weighted by Gasteiger charge is -2.19. The molecule has 0 saturated carbocycles. The van der Waals surface area contributed by atoms with Gasteiger partial charge in [-0.2, -0.15) is 0 Å². The molecule has 3 rings (SSSR count). The average molecular weight is 447 g/mol. The number of aliphatic hydroxyl groups is 1. The lowest BCUT2D eigenvalue weighted by molar-refractivity contribution is 0.0436. The molecule has 5 nitrogen and oxygen atoms in total. The standard InChI is InChI=1S/C21H22Cl2N4O.C2H6/c1-5-21(4,28)20-25-9-14(10-26-20)13-6-7-17-15(8-13)18(16(22)11-24-17)27-19(23)12(2)3;1-2/h6-11,19,28H,2,5H2,1,3-4H3,(H,24,27);1-2H3/t19-,21?;/m0./s1. The third-order valence-electron chi connectivity index (χ3n) is 4.68. The Morgan fingerprint density at radius 2 is 1.80 bits per heavy atom. The fourth-order valence-corrected chi connectivity index (χ4v) is 2.97. The van der Waals surface area contributed by atoms with Gasteiger partial charge < -0.3 is 10.4 Å². The Morgan fingerprint density at radius 3 is 2.37 bits per heavy atom. The molecular weight excluding hydrogens is 419 g/mol. The van der Waals surface area contributed by atoms with Gasteiger partial charge in [0.05, 0.1) is 16.2 Å². The summed E-state index contributed by atoms with van der Waals surface area (Å²) in [6.45, 7) is 13.3. The van der Waals surface area contributed by atoms with Crippen molar-refractivity contribution in [1.29, 1.82) is 0 Å². The van der Waals surface area contributed by atoms with Crippen LogP contribution in [-0.4, -0.2) is 25.6 Å². The van der Waals surface area contributed by atoms with Gasteiger partial charge in [0.1, 0.15) is 11.1 Å². The third kappa shape index (κ3) is 5.28. The Balaban J connectivity index is 0.00000155. The van der Waals surface area contributed by atoms with E-state index < -0.39 is 11.1 Å². The maximum atomic E-state index is 10.3. The Hall–Kier alpha value is -2.21. The lowest BCUT2D eigenvalue weighted by Crippen LogP contribution is -2.22. The molecule has 2 heterocycles. The maximum Gasteiger partial charge on any atom is 0.159 e. The second-order valence-corrected chi connectivity index (χ2v) is 7.83. The summed E-state index contributed by atoms with van der Waals surface area (Å²) in [6, 6.07) is 5.82. The number of hydrogen-bond donors (Lipinski definition) is 2. The van der Waals surface area contributed by atoms with Crippen LogP contribution in [0.1, 0.15) is 46.9 Å². The molecule has 0 aliphatic rings. The summed E-state index contributed by atoms with van der Waals surface area (Å²) in [5, 5.41) is 14.8. The zero-order valence-corrected chi connectivity index (χ0v) is 19.5. The average Bonchev–Trinajstić information content (AvgIpc) is 2.76. The fraction of sp³-hybridized carbons (Fsp3) is 0.348. The highest BCUT2D eigenvalue weighted by Gasteiger charge is 2.23. The number of aromatic nitrogens is 3. The zero-order chi connectivity index (χ0) is 22.5. The molecule has 30 heavy (non-hydrogen) atoms. The lowest BCUT2D eigenvalue weighted by atomic mass is 10.0. The summed E-state index contributed by atoms with van der Waals surface area (Å²) in [5.74, 6) is 0.401. The minimum atomic E-state index is -1.05. The molecule has 0 bridgehead atoms. The van der Waals surface area contributed by atoms with Crippen LogP contribution in [0.3, 0.4) is 0 Å². The number of pyridine rings is 1. The first-order chi connectivity index (χ1) is 14.2. The molecule has 0 fully saturated rings. The van der Waals surface area contributed by atoms with Gasteiger partial charge in [0.2, 0.25) is 0 Å². The minimum absolute atomic E-state index is 0.401. The van der Waals surface area contributed by atoms with Gasteiger partial charge in [-0.15, -0.1) is 0 Å². The van der Waals surface area contributed by atoms with Gasteiger partial charge in [-0.25, -0.2) is 9.97 Å². The van der Waals surface area contributed by atoms with Crippen LogP contribution in [-0.2, 0) is 5.60 Å². The summed E-state index contributed by atoms with van der Waals surface area (Å²) in [6.07, 6.45) is 5.54. The first-order valence-corrected chi connectivity index (χ1v) is 10.7. The topological polar surface area (TPSA) is 70.9 Å². The molecule has 2 aromatic heterocycles. The van der Waals surface area contributed by atoms with E-state index in [9.17, 15) is 5.11 Å². The van der Waals surface area contributed by atoms with Crippen molar-refractivity contribution in [3.63, 3.8) is 0 Å². The van der Waals surface area contributed by atoms with E-state index in [0.29, 0.717) is 23.0 Å². The maximum absolute atomic E-state index is 10.3. The number of hydrogen-bond acceptors (Lipinski definition) is 5. The van der Waals surface area contributed by atoms with Gasteiger partial charge in [-0.3, -0.25) is 4.98 Å². The molecule has 0 amide bonds. The molecule has 0 radical (unpaired) electrons. The van der Waals surface area contributed by atoms with E-state index >= 15 is 0 Å². The molecule has 160 valence electrons. The van der Waals surface area contributed by atoms with Crippen LogP contribution in [0.15, 0.2) is 48.9 Å². The normalized spacial score (nSPS) is 13.7. The van der Waals surface area contributed by atoms with Crippen molar-refractivity contribution in [2.24, 2.45) is 0 Å². The number of alkyl halides is 1. The number of rotatable bonds is 6. The SMILES string of the molecule is C=C(C)[C@@H](Cl)Nc1c(Cl)cnc2ccc(-c3cnc(C(C)(O)CC)nc3)cc12.CC. The van der Waals surface area contributed by atoms with Crippen LogP contribution < -0.4 is 5.32 Å². The molecular formula is C23H28Cl2N4O. The van der Waals surface area contributed by atoms with Crippen LogP contribution in [0.2, 0.25) is 5.02 Å². The Labute approximate surface area is 188 Å². The van der Waals surface area contributed by atoms with Crippen molar-refractivity contribution in [2.75, 3.05) is 5.32 Å². The Kier molecular flexibility index (Phi) is 8.18. The third-order valence-corrected chi connectivity index (χ3v) is 5.45. The summed E-state index contributed by atoms with van der Waals surface area (Å²) >= 11 is 12.7. The number of nitrogens with zero attached hydrogens (tertiary/aromatic N) is 3. The van der Waals surface area contributed by atoms with E-state index in [1.54, 1.807) is 25.5 Å². The van der Waals surface area contributed by atoms with Gasteiger partial charge in [0.15, 0.2) is 5.82 Å². The molecule has 7 heteroatoms. The number of halogens is 2. The number of benzene rings is 1. The largest absolute Gasteiger partial charge is 0.382 e. The first kappa shape index (κ1) is 24.1. The Bertz CT molecular complexity index is 1020. The summed E-state index contributed by atoms with van der Waals surface area (Å²) in [7, 11) is 0. The quantitative estimate of drug-likeness (QED) is 0.255. The number of anilines is 1. The van der Waals surface area contributed by atoms with Crippen LogP contribution >= 0.6 is 23.2 Å². The van der Waals surface area contributed by atoms with Gasteiger partial charge in [-0.05, 0) is 43.5 Å². The van der Waals surface area contributed by atoms with Crippen LogP contribution in [0.5, 0.6) is 0 Å². The molecule has 0 aliphatic heterocycles. The molecule has 1 unspecified atom stereocenters. The smallest absolute Gasteiger partial charge is 0.159 e. The van der Waals surface area contributed by atoms with E-state index in [4.69, 9.17) is 23.2 Å². The number of nitrogens with one attached hydrogen (secondary N) is 1. The van der Waals surface area contributed by atoms with Crippen molar-refractivity contribution in [1.82, 2.24) is 15.0 Å². The summed E-state index contributed by atoms with van der Waals surface area (Å²) in [5.41, 5.74) is 2.50. The molecule has 0 aliphatic carbocycles. The monoisotopic (exact) mass is 446 g/mol. The fourth-order valence-electron chi connectivity index (χ4n) is 2.66. The van der Waals surface area contributed by atoms with E-state index in [1.165, 1.54) is 0 Å². The summed E-state index contributed by atoms with van der Waals surface area (Å²) in [4.78, 5) is 13.1. The van der Waals surface area contributed by atoms with E-state index in [-0.39, 0.29) is 0 Å². The zero-order valence-electron chi connectivity index (χ0n) is 18.0. The van der Waals surface area contributed by atoms with Gasteiger partial charge in [0, 0.05) is 29.5 Å². The molecule has 2 atom stereocenters. The van der Waals surface area contributed by atoms with E-state index in [1.807, 2.05) is 45.9 Å². The van der Waals surface area contributed by atoms with E-state index in [2.05, 4.69) is 26.8 Å². The molecule has 0 spiro atoms. The highest BCUT2D eigenvalue weighted by atomic mass is 35.5. The van der Waals surface area contributed by atoms with Crippen LogP contribution in [0, 0.1) is 0 Å². The highest BCUT2D eigenvalue weighted by molar-refractivity contribution is 6.35. The molecule has 2 N–H and O–H groups in total. The molecule has 0 saturated heterocycles. The predicted molar refractivity (Wildman–Crippen MR) is 127 cm³/mol. The summed E-state index contributed by atoms with van der Waals surface area (Å²) < 4.78 is 0. The van der Waals surface area contributed by atoms with Crippen molar-refractivity contribution >= 4 is 39.8 Å². The second-order valence-electron chi connectivity index (χ2n) is 6.99. The van der Waals surface area contributed by atoms with Crippen molar-refractivity contribution in [3.05, 3.63) is 59.8 Å². The highest BCUT2D eigenvalue weighted by Crippen LogP contribution is 2.34. The van der Waals surface area contributed by atoms with Gasteiger partial charge >= 0.3 is 0 Å².